The van der Waals surface area contributed by atoms with E-state index in [0.29, 0.717) is 39.5 Å². The van der Waals surface area contributed by atoms with E-state index in [9.17, 15) is 14.9 Å². The first-order valence-corrected chi connectivity index (χ1v) is 8.06. The van der Waals surface area contributed by atoms with Crippen LogP contribution in [0.25, 0.3) is 11.8 Å². The summed E-state index contributed by atoms with van der Waals surface area (Å²) in [6, 6.07) is 9.93. The average Bonchev–Trinajstić information content (AvgIpc) is 3.02. The minimum atomic E-state index is -0.536. The van der Waals surface area contributed by atoms with E-state index in [2.05, 4.69) is 0 Å². The third kappa shape index (κ3) is 3.67. The molecule has 0 amide bonds. The van der Waals surface area contributed by atoms with E-state index in [1.54, 1.807) is 56.5 Å². The first kappa shape index (κ1) is 18.2. The Bertz CT molecular complexity index is 990. The fraction of sp³-hybridized carbons (Fsp3) is 0.150. The van der Waals surface area contributed by atoms with Crippen LogP contribution in [0.4, 0.5) is 5.69 Å². The van der Waals surface area contributed by atoms with Crippen LogP contribution in [-0.2, 0) is 9.53 Å². The maximum absolute atomic E-state index is 12.2. The average molecular weight is 367 g/mol. The second-order valence-corrected chi connectivity index (χ2v) is 5.87. The highest BCUT2D eigenvalue weighted by atomic mass is 16.6. The molecule has 2 aromatic carbocycles. The Morgan fingerprint density at radius 3 is 2.56 bits per heavy atom. The van der Waals surface area contributed by atoms with Crippen molar-refractivity contribution in [3.05, 3.63) is 74.9 Å². The molecule has 27 heavy (non-hydrogen) atoms. The molecule has 2 aromatic rings. The molecule has 7 nitrogen and oxygen atoms in total. The number of benzene rings is 2. The van der Waals surface area contributed by atoms with E-state index in [4.69, 9.17) is 14.2 Å². The monoisotopic (exact) mass is 367 g/mol. The molecule has 0 bridgehead atoms. The minimum Gasteiger partial charge on any atom is -0.497 e. The van der Waals surface area contributed by atoms with Crippen LogP contribution >= 0.6 is 0 Å². The number of carbonyl (C=O) groups is 1. The Kier molecular flexibility index (Phi) is 4.94. The summed E-state index contributed by atoms with van der Waals surface area (Å²) >= 11 is 0. The SMILES string of the molecule is COc1ccc(C2=CC(=Cc3ccc(C)c([N+](=O)[O-])c3)C(=O)O2)c(OC)c1. The minimum absolute atomic E-state index is 0.00302. The van der Waals surface area contributed by atoms with E-state index in [-0.39, 0.29) is 5.69 Å². The lowest BCUT2D eigenvalue weighted by atomic mass is 10.1. The van der Waals surface area contributed by atoms with Crippen molar-refractivity contribution in [2.45, 2.75) is 6.92 Å². The fourth-order valence-corrected chi connectivity index (χ4v) is 2.72. The van der Waals surface area contributed by atoms with E-state index < -0.39 is 10.9 Å². The lowest BCUT2D eigenvalue weighted by Gasteiger charge is -2.10. The highest BCUT2D eigenvalue weighted by molar-refractivity contribution is 6.05. The third-order valence-electron chi connectivity index (χ3n) is 4.15. The molecule has 0 spiro atoms. The third-order valence-corrected chi connectivity index (χ3v) is 4.15. The zero-order valence-corrected chi connectivity index (χ0v) is 15.0. The summed E-state index contributed by atoms with van der Waals surface area (Å²) in [5, 5.41) is 11.1. The Morgan fingerprint density at radius 2 is 1.89 bits per heavy atom. The van der Waals surface area contributed by atoms with Gasteiger partial charge in [-0.2, -0.15) is 0 Å². The van der Waals surface area contributed by atoms with Crippen LogP contribution in [0.15, 0.2) is 48.0 Å². The summed E-state index contributed by atoms with van der Waals surface area (Å²) in [7, 11) is 3.06. The van der Waals surface area contributed by atoms with Gasteiger partial charge in [-0.05, 0) is 36.8 Å². The smallest absolute Gasteiger partial charge is 0.343 e. The lowest BCUT2D eigenvalue weighted by molar-refractivity contribution is -0.385. The van der Waals surface area contributed by atoms with Crippen LogP contribution in [0.2, 0.25) is 0 Å². The van der Waals surface area contributed by atoms with Crippen molar-refractivity contribution >= 4 is 23.5 Å². The molecule has 0 unspecified atom stereocenters. The number of ether oxygens (including phenoxy) is 3. The number of nitrogens with zero attached hydrogens (tertiary/aromatic N) is 1. The second-order valence-electron chi connectivity index (χ2n) is 5.87. The highest BCUT2D eigenvalue weighted by Gasteiger charge is 2.24. The lowest BCUT2D eigenvalue weighted by Crippen LogP contribution is -1.99. The summed E-state index contributed by atoms with van der Waals surface area (Å²) in [5.41, 5.74) is 1.98. The van der Waals surface area contributed by atoms with Crippen molar-refractivity contribution in [1.29, 1.82) is 0 Å². The van der Waals surface area contributed by atoms with Crippen molar-refractivity contribution < 1.29 is 23.9 Å². The molecular weight excluding hydrogens is 350 g/mol. The van der Waals surface area contributed by atoms with Crippen molar-refractivity contribution in [2.24, 2.45) is 0 Å². The number of hydrogen-bond acceptors (Lipinski definition) is 6. The van der Waals surface area contributed by atoms with Gasteiger partial charge in [0.1, 0.15) is 17.3 Å². The largest absolute Gasteiger partial charge is 0.497 e. The predicted molar refractivity (Wildman–Crippen MR) is 99.4 cm³/mol. The van der Waals surface area contributed by atoms with E-state index in [1.165, 1.54) is 13.2 Å². The molecule has 0 aliphatic carbocycles. The zero-order valence-electron chi connectivity index (χ0n) is 15.0. The van der Waals surface area contributed by atoms with Gasteiger partial charge in [0.15, 0.2) is 0 Å². The standard InChI is InChI=1S/C20H17NO6/c1-12-4-5-13(9-17(12)21(23)24)8-14-10-19(27-20(14)22)16-7-6-15(25-2)11-18(16)26-3/h4-11H,1-3H3. The molecule has 0 radical (unpaired) electrons. The topological polar surface area (TPSA) is 87.9 Å². The summed E-state index contributed by atoms with van der Waals surface area (Å²) < 4.78 is 15.8. The van der Waals surface area contributed by atoms with Gasteiger partial charge >= 0.3 is 5.97 Å². The van der Waals surface area contributed by atoms with Gasteiger partial charge in [-0.1, -0.05) is 12.1 Å². The number of rotatable bonds is 5. The Hall–Kier alpha value is -3.61. The first-order chi connectivity index (χ1) is 12.9. The molecule has 7 heteroatoms. The number of cyclic esters (lactones) is 1. The van der Waals surface area contributed by atoms with Gasteiger partial charge < -0.3 is 14.2 Å². The van der Waals surface area contributed by atoms with Crippen molar-refractivity contribution in [1.82, 2.24) is 0 Å². The van der Waals surface area contributed by atoms with Crippen LogP contribution in [0.5, 0.6) is 11.5 Å². The molecule has 0 aromatic heterocycles. The van der Waals surface area contributed by atoms with E-state index in [0.717, 1.165) is 0 Å². The molecule has 1 aliphatic heterocycles. The van der Waals surface area contributed by atoms with Crippen LogP contribution in [0.1, 0.15) is 16.7 Å². The number of esters is 1. The Labute approximate surface area is 155 Å². The zero-order chi connectivity index (χ0) is 19.6. The highest BCUT2D eigenvalue weighted by Crippen LogP contribution is 2.35. The van der Waals surface area contributed by atoms with Crippen LogP contribution in [-0.4, -0.2) is 25.1 Å². The van der Waals surface area contributed by atoms with Gasteiger partial charge in [0.05, 0.1) is 30.3 Å². The number of nitro benzene ring substituents is 1. The molecular formula is C20H17NO6. The Morgan fingerprint density at radius 1 is 1.11 bits per heavy atom. The number of nitro groups is 1. The van der Waals surface area contributed by atoms with Gasteiger partial charge in [0.25, 0.3) is 5.69 Å². The number of hydrogen-bond donors (Lipinski definition) is 0. The summed E-state index contributed by atoms with van der Waals surface area (Å²) in [6.07, 6.45) is 3.14. The Balaban J connectivity index is 1.99. The van der Waals surface area contributed by atoms with Gasteiger partial charge in [-0.15, -0.1) is 0 Å². The summed E-state index contributed by atoms with van der Waals surface area (Å²) in [5.74, 6) is 0.919. The van der Waals surface area contributed by atoms with Gasteiger partial charge in [0.2, 0.25) is 0 Å². The predicted octanol–water partition coefficient (Wildman–Crippen LogP) is 3.90. The van der Waals surface area contributed by atoms with Crippen LogP contribution < -0.4 is 9.47 Å². The van der Waals surface area contributed by atoms with Gasteiger partial charge in [0, 0.05) is 17.7 Å². The number of aryl methyl sites for hydroxylation is 1. The van der Waals surface area contributed by atoms with Crippen molar-refractivity contribution in [3.63, 3.8) is 0 Å². The molecule has 1 aliphatic rings. The maximum atomic E-state index is 12.2. The molecule has 0 atom stereocenters. The van der Waals surface area contributed by atoms with Gasteiger partial charge in [-0.25, -0.2) is 4.79 Å². The fourth-order valence-electron chi connectivity index (χ4n) is 2.72. The molecule has 0 saturated carbocycles. The molecule has 0 fully saturated rings. The van der Waals surface area contributed by atoms with Crippen LogP contribution in [0, 0.1) is 17.0 Å². The quantitative estimate of drug-likeness (QED) is 0.345. The second kappa shape index (κ2) is 7.33. The van der Waals surface area contributed by atoms with E-state index in [1.807, 2.05) is 0 Å². The van der Waals surface area contributed by atoms with Crippen molar-refractivity contribution in [3.8, 4) is 11.5 Å². The molecule has 3 rings (SSSR count). The van der Waals surface area contributed by atoms with Crippen molar-refractivity contribution in [2.75, 3.05) is 14.2 Å². The maximum Gasteiger partial charge on any atom is 0.343 e. The van der Waals surface area contributed by atoms with E-state index >= 15 is 0 Å². The molecule has 138 valence electrons. The molecule has 1 heterocycles. The van der Waals surface area contributed by atoms with Crippen LogP contribution in [0.3, 0.4) is 0 Å². The number of carbonyl (C=O) groups excluding carboxylic acids is 1. The summed E-state index contributed by atoms with van der Waals surface area (Å²) in [4.78, 5) is 22.9. The first-order valence-electron chi connectivity index (χ1n) is 8.06. The molecule has 0 N–H and O–H groups in total. The molecule has 0 saturated heterocycles. The summed E-state index contributed by atoms with van der Waals surface area (Å²) in [6.45, 7) is 1.66. The van der Waals surface area contributed by atoms with Gasteiger partial charge in [-0.3, -0.25) is 10.1 Å². The normalized spacial score (nSPS) is 14.7. The number of methoxy groups -OCH3 is 2.